The van der Waals surface area contributed by atoms with Crippen molar-refractivity contribution in [1.29, 1.82) is 0 Å². The summed E-state index contributed by atoms with van der Waals surface area (Å²) >= 11 is 0. The van der Waals surface area contributed by atoms with E-state index in [1.54, 1.807) is 12.5 Å². The number of carbonyl (C=O) groups is 1. The summed E-state index contributed by atoms with van der Waals surface area (Å²) in [7, 11) is 0. The van der Waals surface area contributed by atoms with Crippen LogP contribution in [0, 0.1) is 0 Å². The molecule has 5 rings (SSSR count). The Bertz CT molecular complexity index is 1010. The van der Waals surface area contributed by atoms with E-state index in [9.17, 15) is 4.79 Å². The maximum atomic E-state index is 12.3. The van der Waals surface area contributed by atoms with Gasteiger partial charge in [0.1, 0.15) is 0 Å². The van der Waals surface area contributed by atoms with E-state index in [-0.39, 0.29) is 5.91 Å². The zero-order chi connectivity index (χ0) is 23.3. The molecule has 0 bridgehead atoms. The number of hydrogen-bond acceptors (Lipinski definition) is 2. The molecule has 3 aliphatic rings. The number of amides is 1. The van der Waals surface area contributed by atoms with Gasteiger partial charge in [-0.3, -0.25) is 4.79 Å². The topological polar surface area (TPSA) is 23.6 Å². The molecule has 178 valence electrons. The Hall–Kier alpha value is -2.65. The van der Waals surface area contributed by atoms with Crippen molar-refractivity contribution in [3.05, 3.63) is 76.4 Å². The van der Waals surface area contributed by atoms with Gasteiger partial charge in [-0.25, -0.2) is 0 Å². The monoisotopic (exact) mass is 454 g/mol. The van der Waals surface area contributed by atoms with Crippen molar-refractivity contribution >= 4 is 23.6 Å². The van der Waals surface area contributed by atoms with Crippen LogP contribution in [0.3, 0.4) is 0 Å². The first-order valence-corrected chi connectivity index (χ1v) is 13.3. The Labute approximate surface area is 205 Å². The molecule has 1 saturated carbocycles. The average molecular weight is 455 g/mol. The molecule has 0 atom stereocenters. The highest BCUT2D eigenvalue weighted by atomic mass is 16.2. The first-order chi connectivity index (χ1) is 16.7. The van der Waals surface area contributed by atoms with E-state index in [0.717, 1.165) is 45.4 Å². The molecule has 0 aromatic heterocycles. The zero-order valence-electron chi connectivity index (χ0n) is 20.6. The molecule has 1 heterocycles. The molecule has 34 heavy (non-hydrogen) atoms. The SMILES string of the molecule is CC(=O)N(CCCN1CCC(=C2c3ccccc3C=Cc3ccccc32)CC1)C1CCCCC1. The Morgan fingerprint density at radius 3 is 2.06 bits per heavy atom. The summed E-state index contributed by atoms with van der Waals surface area (Å²) < 4.78 is 0. The molecule has 1 aliphatic heterocycles. The van der Waals surface area contributed by atoms with E-state index in [0.29, 0.717) is 6.04 Å². The molecule has 1 saturated heterocycles. The molecule has 2 aromatic carbocycles. The van der Waals surface area contributed by atoms with Crippen LogP contribution in [0.4, 0.5) is 0 Å². The van der Waals surface area contributed by atoms with Crippen LogP contribution in [0.15, 0.2) is 54.1 Å². The summed E-state index contributed by atoms with van der Waals surface area (Å²) in [5.74, 6) is 0.261. The van der Waals surface area contributed by atoms with Crippen molar-refractivity contribution in [2.45, 2.75) is 64.3 Å². The number of piperidine rings is 1. The van der Waals surface area contributed by atoms with Gasteiger partial charge in [0.15, 0.2) is 0 Å². The van der Waals surface area contributed by atoms with E-state index in [1.165, 1.54) is 59.9 Å². The van der Waals surface area contributed by atoms with Gasteiger partial charge in [-0.1, -0.05) is 85.5 Å². The number of nitrogens with zero attached hydrogens (tertiary/aromatic N) is 2. The van der Waals surface area contributed by atoms with Gasteiger partial charge < -0.3 is 9.80 Å². The van der Waals surface area contributed by atoms with Gasteiger partial charge in [0.25, 0.3) is 0 Å². The molecule has 1 amide bonds. The van der Waals surface area contributed by atoms with Crippen LogP contribution >= 0.6 is 0 Å². The fourth-order valence-corrected chi connectivity index (χ4v) is 6.20. The minimum Gasteiger partial charge on any atom is -0.340 e. The van der Waals surface area contributed by atoms with Crippen molar-refractivity contribution < 1.29 is 4.79 Å². The number of fused-ring (bicyclic) bond motifs is 2. The Balaban J connectivity index is 1.26. The van der Waals surface area contributed by atoms with Crippen LogP contribution in [-0.2, 0) is 4.79 Å². The zero-order valence-corrected chi connectivity index (χ0v) is 20.6. The summed E-state index contributed by atoms with van der Waals surface area (Å²) in [4.78, 5) is 17.1. The fourth-order valence-electron chi connectivity index (χ4n) is 6.20. The lowest BCUT2D eigenvalue weighted by Crippen LogP contribution is -2.42. The quantitative estimate of drug-likeness (QED) is 0.431. The van der Waals surface area contributed by atoms with Gasteiger partial charge >= 0.3 is 0 Å². The standard InChI is InChI=1S/C31H38N2O/c1-24(34)33(28-12-3-2-4-13-28)21-9-20-32-22-18-27(19-23-32)31-29-14-7-5-10-25(29)16-17-26-11-6-8-15-30(26)31/h5-8,10-11,14-17,28H,2-4,9,12-13,18-23H2,1H3. The van der Waals surface area contributed by atoms with Gasteiger partial charge in [-0.05, 0) is 66.5 Å². The Morgan fingerprint density at radius 1 is 0.882 bits per heavy atom. The Morgan fingerprint density at radius 2 is 1.47 bits per heavy atom. The molecular formula is C31H38N2O. The molecule has 0 spiro atoms. The lowest BCUT2D eigenvalue weighted by Gasteiger charge is -2.35. The largest absolute Gasteiger partial charge is 0.340 e. The average Bonchev–Trinajstić information content (AvgIpc) is 3.04. The third-order valence-corrected chi connectivity index (χ3v) is 8.01. The molecule has 2 fully saturated rings. The summed E-state index contributed by atoms with van der Waals surface area (Å²) in [6.07, 6.45) is 14.1. The summed E-state index contributed by atoms with van der Waals surface area (Å²) in [5, 5.41) is 0. The van der Waals surface area contributed by atoms with E-state index < -0.39 is 0 Å². The highest BCUT2D eigenvalue weighted by Gasteiger charge is 2.25. The minimum atomic E-state index is 0.261. The first-order valence-electron chi connectivity index (χ1n) is 13.3. The third-order valence-electron chi connectivity index (χ3n) is 8.01. The minimum absolute atomic E-state index is 0.261. The molecule has 0 N–H and O–H groups in total. The van der Waals surface area contributed by atoms with Gasteiger partial charge in [-0.2, -0.15) is 0 Å². The van der Waals surface area contributed by atoms with Gasteiger partial charge in [0, 0.05) is 32.6 Å². The number of rotatable bonds is 5. The van der Waals surface area contributed by atoms with Crippen LogP contribution in [0.25, 0.3) is 17.7 Å². The normalized spacial score (nSPS) is 18.9. The summed E-state index contributed by atoms with van der Waals surface area (Å²) in [6.45, 7) is 5.98. The maximum Gasteiger partial charge on any atom is 0.219 e. The number of likely N-dealkylation sites (tertiary alicyclic amines) is 1. The molecule has 2 aromatic rings. The van der Waals surface area contributed by atoms with Crippen molar-refractivity contribution in [3.63, 3.8) is 0 Å². The second-order valence-corrected chi connectivity index (χ2v) is 10.2. The molecule has 0 radical (unpaired) electrons. The lowest BCUT2D eigenvalue weighted by atomic mass is 9.86. The van der Waals surface area contributed by atoms with E-state index >= 15 is 0 Å². The van der Waals surface area contributed by atoms with Crippen LogP contribution < -0.4 is 0 Å². The van der Waals surface area contributed by atoms with Crippen molar-refractivity contribution in [1.82, 2.24) is 9.80 Å². The predicted octanol–water partition coefficient (Wildman–Crippen LogP) is 6.64. The maximum absolute atomic E-state index is 12.3. The van der Waals surface area contributed by atoms with Gasteiger partial charge in [0.2, 0.25) is 5.91 Å². The van der Waals surface area contributed by atoms with E-state index in [1.807, 2.05) is 0 Å². The first kappa shape index (κ1) is 23.1. The summed E-state index contributed by atoms with van der Waals surface area (Å²) in [5.41, 5.74) is 8.42. The fraction of sp³-hybridized carbons (Fsp3) is 0.452. The molecule has 3 heteroatoms. The molecule has 0 unspecified atom stereocenters. The second kappa shape index (κ2) is 10.7. The third kappa shape index (κ3) is 5.05. The van der Waals surface area contributed by atoms with E-state index in [4.69, 9.17) is 0 Å². The second-order valence-electron chi connectivity index (χ2n) is 10.2. The highest BCUT2D eigenvalue weighted by molar-refractivity contribution is 5.94. The van der Waals surface area contributed by atoms with Crippen LogP contribution in [0.1, 0.15) is 80.5 Å². The highest BCUT2D eigenvalue weighted by Crippen LogP contribution is 2.38. The van der Waals surface area contributed by atoms with E-state index in [2.05, 4.69) is 70.5 Å². The number of carbonyl (C=O) groups excluding carboxylic acids is 1. The molecule has 2 aliphatic carbocycles. The van der Waals surface area contributed by atoms with Crippen molar-refractivity contribution in [2.75, 3.05) is 26.2 Å². The summed E-state index contributed by atoms with van der Waals surface area (Å²) in [6, 6.07) is 18.2. The number of hydrogen-bond donors (Lipinski definition) is 0. The van der Waals surface area contributed by atoms with Crippen molar-refractivity contribution in [3.8, 4) is 0 Å². The van der Waals surface area contributed by atoms with Crippen molar-refractivity contribution in [2.24, 2.45) is 0 Å². The van der Waals surface area contributed by atoms with Gasteiger partial charge in [0.05, 0.1) is 0 Å². The smallest absolute Gasteiger partial charge is 0.219 e. The number of benzene rings is 2. The molecular weight excluding hydrogens is 416 g/mol. The predicted molar refractivity (Wildman–Crippen MR) is 142 cm³/mol. The van der Waals surface area contributed by atoms with Gasteiger partial charge in [-0.15, -0.1) is 0 Å². The Kier molecular flexibility index (Phi) is 7.30. The lowest BCUT2D eigenvalue weighted by molar-refractivity contribution is -0.131. The molecule has 3 nitrogen and oxygen atoms in total. The van der Waals surface area contributed by atoms with Crippen LogP contribution in [0.2, 0.25) is 0 Å². The van der Waals surface area contributed by atoms with Crippen LogP contribution in [-0.4, -0.2) is 47.9 Å². The van der Waals surface area contributed by atoms with Crippen LogP contribution in [0.5, 0.6) is 0 Å².